The van der Waals surface area contributed by atoms with Crippen LogP contribution in [0.1, 0.15) is 5.56 Å². The summed E-state index contributed by atoms with van der Waals surface area (Å²) in [5.41, 5.74) is 2.60. The maximum absolute atomic E-state index is 5.17. The zero-order chi connectivity index (χ0) is 9.26. The van der Waals surface area contributed by atoms with Crippen molar-refractivity contribution < 1.29 is 4.74 Å². The predicted octanol–water partition coefficient (Wildman–Crippen LogP) is 1.83. The highest BCUT2D eigenvalue weighted by Gasteiger charge is 2.22. The van der Waals surface area contributed by atoms with E-state index in [1.54, 1.807) is 0 Å². The summed E-state index contributed by atoms with van der Waals surface area (Å²) in [7, 11) is 2.13. The van der Waals surface area contributed by atoms with Gasteiger partial charge in [-0.05, 0) is 24.6 Å². The van der Waals surface area contributed by atoms with Gasteiger partial charge >= 0.3 is 0 Å². The average molecular weight is 177 g/mol. The minimum Gasteiger partial charge on any atom is -0.377 e. The summed E-state index contributed by atoms with van der Waals surface area (Å²) >= 11 is 0. The van der Waals surface area contributed by atoms with Crippen LogP contribution < -0.4 is 4.90 Å². The van der Waals surface area contributed by atoms with Crippen LogP contribution in [0.2, 0.25) is 0 Å². The Morgan fingerprint density at radius 2 is 2.15 bits per heavy atom. The Morgan fingerprint density at radius 1 is 1.38 bits per heavy atom. The molecule has 13 heavy (non-hydrogen) atoms. The molecule has 0 amide bonds. The monoisotopic (exact) mass is 177 g/mol. The third-order valence-corrected chi connectivity index (χ3v) is 2.58. The first-order valence-corrected chi connectivity index (χ1v) is 4.64. The Hall–Kier alpha value is -1.02. The quantitative estimate of drug-likeness (QED) is 0.683. The maximum atomic E-state index is 5.17. The van der Waals surface area contributed by atoms with Crippen LogP contribution in [0.4, 0.5) is 5.69 Å². The van der Waals surface area contributed by atoms with Crippen LogP contribution in [0.15, 0.2) is 24.3 Å². The topological polar surface area (TPSA) is 12.5 Å². The summed E-state index contributed by atoms with van der Waals surface area (Å²) in [6.07, 6.45) is 0. The predicted molar refractivity (Wildman–Crippen MR) is 54.2 cm³/mol. The summed E-state index contributed by atoms with van der Waals surface area (Å²) in [6.45, 7) is 3.85. The van der Waals surface area contributed by atoms with Crippen molar-refractivity contribution in [1.29, 1.82) is 0 Å². The van der Waals surface area contributed by atoms with E-state index in [1.807, 2.05) is 0 Å². The van der Waals surface area contributed by atoms with Crippen molar-refractivity contribution in [2.75, 3.05) is 25.2 Å². The fourth-order valence-electron chi connectivity index (χ4n) is 1.51. The third kappa shape index (κ3) is 1.68. The molecule has 1 aliphatic rings. The van der Waals surface area contributed by atoms with Gasteiger partial charge in [-0.2, -0.15) is 0 Å². The summed E-state index contributed by atoms with van der Waals surface area (Å²) in [4.78, 5) is 2.29. The van der Waals surface area contributed by atoms with E-state index in [2.05, 4.69) is 43.1 Å². The van der Waals surface area contributed by atoms with E-state index in [9.17, 15) is 0 Å². The molecule has 0 spiro atoms. The van der Waals surface area contributed by atoms with Crippen LogP contribution in [0, 0.1) is 6.92 Å². The lowest BCUT2D eigenvalue weighted by Crippen LogP contribution is -2.47. The van der Waals surface area contributed by atoms with E-state index in [1.165, 1.54) is 11.3 Å². The molecular formula is C11H15NO. The summed E-state index contributed by atoms with van der Waals surface area (Å²) in [5, 5.41) is 0. The highest BCUT2D eigenvalue weighted by molar-refractivity contribution is 5.48. The van der Waals surface area contributed by atoms with Crippen molar-refractivity contribution in [2.24, 2.45) is 0 Å². The minimum absolute atomic E-state index is 0.571. The van der Waals surface area contributed by atoms with Gasteiger partial charge < -0.3 is 9.64 Å². The second kappa shape index (κ2) is 3.38. The lowest BCUT2D eigenvalue weighted by atomic mass is 10.1. The Kier molecular flexibility index (Phi) is 2.23. The number of aryl methyl sites for hydroxylation is 1. The zero-order valence-electron chi connectivity index (χ0n) is 8.16. The maximum Gasteiger partial charge on any atom is 0.0754 e. The number of likely N-dealkylation sites (N-methyl/N-ethyl adjacent to an activating group) is 1. The van der Waals surface area contributed by atoms with Crippen LogP contribution in [0.5, 0.6) is 0 Å². The highest BCUT2D eigenvalue weighted by atomic mass is 16.5. The van der Waals surface area contributed by atoms with Crippen LogP contribution in [0.3, 0.4) is 0 Å². The molecule has 0 aromatic heterocycles. The molecule has 70 valence electrons. The summed E-state index contributed by atoms with van der Waals surface area (Å²) in [6, 6.07) is 9.14. The number of benzene rings is 1. The largest absolute Gasteiger partial charge is 0.377 e. The van der Waals surface area contributed by atoms with Gasteiger partial charge in [-0.15, -0.1) is 0 Å². The number of ether oxygens (including phenoxy) is 1. The number of anilines is 1. The standard InChI is InChI=1S/C11H15NO/c1-9-4-3-5-10(6-9)12(2)11-7-13-8-11/h3-6,11H,7-8H2,1-2H3. The van der Waals surface area contributed by atoms with Gasteiger partial charge in [0.15, 0.2) is 0 Å². The van der Waals surface area contributed by atoms with E-state index in [0.29, 0.717) is 6.04 Å². The van der Waals surface area contributed by atoms with E-state index >= 15 is 0 Å². The van der Waals surface area contributed by atoms with E-state index in [-0.39, 0.29) is 0 Å². The molecule has 0 radical (unpaired) electrons. The number of nitrogens with zero attached hydrogens (tertiary/aromatic N) is 1. The Balaban J connectivity index is 2.14. The molecule has 0 atom stereocenters. The van der Waals surface area contributed by atoms with Gasteiger partial charge in [0.05, 0.1) is 19.3 Å². The van der Waals surface area contributed by atoms with Gasteiger partial charge in [-0.25, -0.2) is 0 Å². The van der Waals surface area contributed by atoms with Crippen LogP contribution >= 0.6 is 0 Å². The summed E-state index contributed by atoms with van der Waals surface area (Å²) in [5.74, 6) is 0. The van der Waals surface area contributed by atoms with Crippen molar-refractivity contribution in [2.45, 2.75) is 13.0 Å². The SMILES string of the molecule is Cc1cccc(N(C)C2COC2)c1. The fourth-order valence-corrected chi connectivity index (χ4v) is 1.51. The molecular weight excluding hydrogens is 162 g/mol. The Morgan fingerprint density at radius 3 is 2.69 bits per heavy atom. The molecule has 1 aliphatic heterocycles. The number of hydrogen-bond acceptors (Lipinski definition) is 2. The highest BCUT2D eigenvalue weighted by Crippen LogP contribution is 2.19. The molecule has 0 bridgehead atoms. The first kappa shape index (κ1) is 8.57. The van der Waals surface area contributed by atoms with Gasteiger partial charge in [0, 0.05) is 12.7 Å². The first-order valence-electron chi connectivity index (χ1n) is 4.64. The molecule has 2 heteroatoms. The van der Waals surface area contributed by atoms with Crippen molar-refractivity contribution in [3.63, 3.8) is 0 Å². The van der Waals surface area contributed by atoms with Gasteiger partial charge in [0.1, 0.15) is 0 Å². The molecule has 1 aromatic carbocycles. The van der Waals surface area contributed by atoms with Crippen LogP contribution in [-0.4, -0.2) is 26.3 Å². The number of hydrogen-bond donors (Lipinski definition) is 0. The van der Waals surface area contributed by atoms with E-state index in [0.717, 1.165) is 13.2 Å². The lowest BCUT2D eigenvalue weighted by molar-refractivity contribution is 0.0101. The minimum atomic E-state index is 0.571. The molecule has 1 saturated heterocycles. The molecule has 0 N–H and O–H groups in total. The van der Waals surface area contributed by atoms with Crippen molar-refractivity contribution >= 4 is 5.69 Å². The second-order valence-corrected chi connectivity index (χ2v) is 3.64. The zero-order valence-corrected chi connectivity index (χ0v) is 8.16. The molecule has 1 fully saturated rings. The Labute approximate surface area is 79.1 Å². The van der Waals surface area contributed by atoms with Gasteiger partial charge in [0.2, 0.25) is 0 Å². The van der Waals surface area contributed by atoms with Gasteiger partial charge in [-0.3, -0.25) is 0 Å². The molecule has 1 heterocycles. The molecule has 2 nitrogen and oxygen atoms in total. The third-order valence-electron chi connectivity index (χ3n) is 2.58. The molecule has 0 saturated carbocycles. The normalized spacial score (nSPS) is 16.8. The van der Waals surface area contributed by atoms with Gasteiger partial charge in [-0.1, -0.05) is 12.1 Å². The smallest absolute Gasteiger partial charge is 0.0754 e. The van der Waals surface area contributed by atoms with Crippen LogP contribution in [0.25, 0.3) is 0 Å². The van der Waals surface area contributed by atoms with Crippen molar-refractivity contribution in [3.8, 4) is 0 Å². The molecule has 2 rings (SSSR count). The summed E-state index contributed by atoms with van der Waals surface area (Å²) < 4.78 is 5.17. The Bertz CT molecular complexity index is 294. The molecule has 1 aromatic rings. The number of rotatable bonds is 2. The first-order chi connectivity index (χ1) is 6.27. The van der Waals surface area contributed by atoms with E-state index in [4.69, 9.17) is 4.74 Å². The second-order valence-electron chi connectivity index (χ2n) is 3.64. The lowest BCUT2D eigenvalue weighted by Gasteiger charge is -2.36. The van der Waals surface area contributed by atoms with Crippen molar-refractivity contribution in [1.82, 2.24) is 0 Å². The average Bonchev–Trinajstić information content (AvgIpc) is 2.01. The van der Waals surface area contributed by atoms with Crippen molar-refractivity contribution in [3.05, 3.63) is 29.8 Å². The fraction of sp³-hybridized carbons (Fsp3) is 0.455. The van der Waals surface area contributed by atoms with Crippen LogP contribution in [-0.2, 0) is 4.74 Å². The van der Waals surface area contributed by atoms with Gasteiger partial charge in [0.25, 0.3) is 0 Å². The van der Waals surface area contributed by atoms with E-state index < -0.39 is 0 Å². The molecule has 0 aliphatic carbocycles. The molecule has 0 unspecified atom stereocenters.